The molecule has 0 saturated heterocycles. The Kier molecular flexibility index (Phi) is 7.53. The first-order chi connectivity index (χ1) is 19.7. The Balaban J connectivity index is 0.968. The number of halogens is 3. The normalized spacial score (nSPS) is 22.4. The van der Waals surface area contributed by atoms with E-state index in [0.717, 1.165) is 47.4 Å². The number of nitrogens with one attached hydrogen (secondary N) is 1. The van der Waals surface area contributed by atoms with E-state index >= 15 is 0 Å². The third kappa shape index (κ3) is 5.98. The van der Waals surface area contributed by atoms with Gasteiger partial charge in [-0.1, -0.05) is 36.8 Å². The molecule has 0 unspecified atom stereocenters. The monoisotopic (exact) mass is 562 g/mol. The zero-order valence-corrected chi connectivity index (χ0v) is 23.7. The van der Waals surface area contributed by atoms with Gasteiger partial charge in [0, 0.05) is 37.5 Å². The van der Waals surface area contributed by atoms with E-state index in [4.69, 9.17) is 14.4 Å². The van der Waals surface area contributed by atoms with E-state index in [1.165, 1.54) is 50.7 Å². The lowest BCUT2D eigenvalue weighted by Crippen LogP contribution is -2.26. The highest BCUT2D eigenvalue weighted by atomic mass is 19.4. The van der Waals surface area contributed by atoms with Crippen LogP contribution < -0.4 is 10.2 Å². The molecule has 5 nitrogen and oxygen atoms in total. The number of anilines is 1. The summed E-state index contributed by atoms with van der Waals surface area (Å²) in [5, 5.41) is 4.70. The Morgan fingerprint density at radius 3 is 2.51 bits per heavy atom. The number of aryl methyl sites for hydroxylation is 1. The Labute approximate surface area is 239 Å². The number of fused-ring (bicyclic) bond motifs is 1. The topological polar surface area (TPSA) is 54.2 Å². The lowest BCUT2D eigenvalue weighted by molar-refractivity contribution is -0.137. The minimum absolute atomic E-state index is 0.0813. The van der Waals surface area contributed by atoms with Gasteiger partial charge in [0.1, 0.15) is 23.2 Å². The predicted octanol–water partition coefficient (Wildman–Crippen LogP) is 8.04. The number of nitrogens with zero attached hydrogens (tertiary/aromatic N) is 3. The fourth-order valence-electron chi connectivity index (χ4n) is 6.62. The van der Waals surface area contributed by atoms with E-state index in [0.29, 0.717) is 23.8 Å². The minimum Gasteiger partial charge on any atom is -0.460 e. The Bertz CT molecular complexity index is 1500. The maximum Gasteiger partial charge on any atom is 0.417 e. The first-order valence-corrected chi connectivity index (χ1v) is 14.6. The molecular formula is C33H37F3N4O. The third-order valence-corrected chi connectivity index (χ3v) is 9.04. The standard InChI is InChI=1S/C33H37F3N4O/c1-40(2)31-25-10-4-6-12-27(25)38-30(39-31)13-7-8-22-16-18-32(19-17-22)20-29(32)37-21-23-14-15-28(41-23)24-9-3-5-11-26(24)33(34,35)36/h3-6,9-12,14-15,22,29,37H,7-8,13,16-21H2,1-2H3/t22?,29-,32?/m1/s1. The van der Waals surface area contributed by atoms with Crippen molar-refractivity contribution in [1.29, 1.82) is 0 Å². The number of aromatic nitrogens is 2. The van der Waals surface area contributed by atoms with E-state index < -0.39 is 11.7 Å². The van der Waals surface area contributed by atoms with Crippen molar-refractivity contribution in [2.75, 3.05) is 19.0 Å². The van der Waals surface area contributed by atoms with Gasteiger partial charge in [0.2, 0.25) is 0 Å². The molecule has 216 valence electrons. The number of benzene rings is 2. The number of para-hydroxylation sites is 1. The van der Waals surface area contributed by atoms with Crippen LogP contribution in [0, 0.1) is 11.3 Å². The highest BCUT2D eigenvalue weighted by Gasteiger charge is 2.54. The quantitative estimate of drug-likeness (QED) is 0.224. The Hall–Kier alpha value is -3.39. The summed E-state index contributed by atoms with van der Waals surface area (Å²) in [7, 11) is 4.06. The van der Waals surface area contributed by atoms with Gasteiger partial charge in [0.25, 0.3) is 0 Å². The number of alkyl halides is 3. The molecule has 41 heavy (non-hydrogen) atoms. The summed E-state index contributed by atoms with van der Waals surface area (Å²) in [4.78, 5) is 11.7. The van der Waals surface area contributed by atoms with Crippen molar-refractivity contribution < 1.29 is 17.6 Å². The van der Waals surface area contributed by atoms with Crippen LogP contribution in [0.25, 0.3) is 22.2 Å². The van der Waals surface area contributed by atoms with E-state index in [2.05, 4.69) is 22.3 Å². The largest absolute Gasteiger partial charge is 0.460 e. The molecule has 2 aliphatic rings. The number of hydrogen-bond acceptors (Lipinski definition) is 5. The van der Waals surface area contributed by atoms with Crippen LogP contribution in [0.4, 0.5) is 19.0 Å². The van der Waals surface area contributed by atoms with Crippen LogP contribution in [0.3, 0.4) is 0 Å². The lowest BCUT2D eigenvalue weighted by atomic mass is 9.77. The summed E-state index contributed by atoms with van der Waals surface area (Å²) >= 11 is 0. The van der Waals surface area contributed by atoms with Crippen molar-refractivity contribution in [1.82, 2.24) is 15.3 Å². The molecule has 0 aliphatic heterocycles. The molecule has 0 amide bonds. The molecule has 1 N–H and O–H groups in total. The molecule has 6 rings (SSSR count). The van der Waals surface area contributed by atoms with Gasteiger partial charge in [-0.2, -0.15) is 13.2 Å². The van der Waals surface area contributed by atoms with E-state index in [1.807, 2.05) is 26.2 Å². The van der Waals surface area contributed by atoms with Crippen molar-refractivity contribution in [3.8, 4) is 11.3 Å². The zero-order chi connectivity index (χ0) is 28.6. The van der Waals surface area contributed by atoms with Gasteiger partial charge in [0.05, 0.1) is 17.6 Å². The Morgan fingerprint density at radius 1 is 0.976 bits per heavy atom. The average Bonchev–Trinajstić information content (AvgIpc) is 3.40. The van der Waals surface area contributed by atoms with Crippen molar-refractivity contribution in [3.63, 3.8) is 0 Å². The van der Waals surface area contributed by atoms with Crippen molar-refractivity contribution >= 4 is 16.7 Å². The van der Waals surface area contributed by atoms with Crippen molar-refractivity contribution in [2.24, 2.45) is 11.3 Å². The molecule has 1 spiro atoms. The molecule has 2 saturated carbocycles. The van der Waals surface area contributed by atoms with Crippen molar-refractivity contribution in [2.45, 2.75) is 70.1 Å². The second-order valence-corrected chi connectivity index (χ2v) is 12.0. The van der Waals surface area contributed by atoms with Gasteiger partial charge >= 0.3 is 6.18 Å². The average molecular weight is 563 g/mol. The van der Waals surface area contributed by atoms with Crippen LogP contribution in [0.1, 0.15) is 62.1 Å². The highest BCUT2D eigenvalue weighted by Crippen LogP contribution is 2.57. The third-order valence-electron chi connectivity index (χ3n) is 9.04. The zero-order valence-electron chi connectivity index (χ0n) is 23.7. The van der Waals surface area contributed by atoms with Gasteiger partial charge in [-0.15, -0.1) is 0 Å². The van der Waals surface area contributed by atoms with Crippen LogP contribution in [-0.2, 0) is 19.1 Å². The van der Waals surface area contributed by atoms with E-state index in [9.17, 15) is 13.2 Å². The van der Waals surface area contributed by atoms with Crippen LogP contribution in [-0.4, -0.2) is 30.1 Å². The summed E-state index contributed by atoms with van der Waals surface area (Å²) in [6.45, 7) is 0.532. The maximum absolute atomic E-state index is 13.4. The first kappa shape index (κ1) is 27.8. The molecule has 2 aliphatic carbocycles. The molecule has 1 atom stereocenters. The van der Waals surface area contributed by atoms with Crippen LogP contribution >= 0.6 is 0 Å². The lowest BCUT2D eigenvalue weighted by Gasteiger charge is -2.29. The van der Waals surface area contributed by atoms with Crippen molar-refractivity contribution in [3.05, 3.63) is 77.8 Å². The predicted molar refractivity (Wildman–Crippen MR) is 156 cm³/mol. The highest BCUT2D eigenvalue weighted by molar-refractivity contribution is 5.89. The summed E-state index contributed by atoms with van der Waals surface area (Å²) < 4.78 is 46.1. The fourth-order valence-corrected chi connectivity index (χ4v) is 6.62. The van der Waals surface area contributed by atoms with Gasteiger partial charge in [0.15, 0.2) is 0 Å². The Morgan fingerprint density at radius 2 is 1.73 bits per heavy atom. The summed E-state index contributed by atoms with van der Waals surface area (Å²) in [5.41, 5.74) is 0.786. The van der Waals surface area contributed by atoms with Gasteiger partial charge in [-0.05, 0) is 80.2 Å². The minimum atomic E-state index is -4.42. The summed E-state index contributed by atoms with van der Waals surface area (Å²) in [6, 6.07) is 17.6. The van der Waals surface area contributed by atoms with E-state index in [1.54, 1.807) is 18.2 Å². The van der Waals surface area contributed by atoms with Crippen LogP contribution in [0.2, 0.25) is 0 Å². The maximum atomic E-state index is 13.4. The fraction of sp³-hybridized carbons (Fsp3) is 0.455. The van der Waals surface area contributed by atoms with Gasteiger partial charge in [-0.3, -0.25) is 0 Å². The molecule has 2 aromatic carbocycles. The van der Waals surface area contributed by atoms with Gasteiger partial charge < -0.3 is 14.6 Å². The summed E-state index contributed by atoms with van der Waals surface area (Å²) in [5.74, 6) is 3.58. The molecule has 8 heteroatoms. The number of rotatable bonds is 9. The summed E-state index contributed by atoms with van der Waals surface area (Å²) in [6.07, 6.45) is 4.92. The molecule has 2 heterocycles. The molecular weight excluding hydrogens is 525 g/mol. The smallest absolute Gasteiger partial charge is 0.417 e. The molecule has 2 fully saturated rings. The van der Waals surface area contributed by atoms with Crippen LogP contribution in [0.5, 0.6) is 0 Å². The van der Waals surface area contributed by atoms with Crippen LogP contribution in [0.15, 0.2) is 65.1 Å². The molecule has 4 aromatic rings. The number of hydrogen-bond donors (Lipinski definition) is 1. The number of furan rings is 1. The van der Waals surface area contributed by atoms with E-state index in [-0.39, 0.29) is 11.3 Å². The SMILES string of the molecule is CN(C)c1nc(CCCC2CCC3(CC2)C[C@H]3NCc2ccc(-c3ccccc3C(F)(F)F)o2)nc2ccccc12. The molecule has 0 radical (unpaired) electrons. The van der Waals surface area contributed by atoms with Gasteiger partial charge in [-0.25, -0.2) is 9.97 Å². The second kappa shape index (κ2) is 11.1. The first-order valence-electron chi connectivity index (χ1n) is 14.6. The molecule has 0 bridgehead atoms. The second-order valence-electron chi connectivity index (χ2n) is 12.0. The molecule has 2 aromatic heterocycles.